The van der Waals surface area contributed by atoms with Gasteiger partial charge >= 0.3 is 5.97 Å². The summed E-state index contributed by atoms with van der Waals surface area (Å²) in [5, 5.41) is 4.14. The van der Waals surface area contributed by atoms with Crippen molar-refractivity contribution < 1.29 is 9.53 Å². The first-order chi connectivity index (χ1) is 16.6. The monoisotopic (exact) mass is 468 g/mol. The van der Waals surface area contributed by atoms with E-state index in [1.165, 1.54) is 12.7 Å². The Bertz CT molecular complexity index is 1330. The zero-order valence-electron chi connectivity index (χ0n) is 18.9. The summed E-state index contributed by atoms with van der Waals surface area (Å²) in [4.78, 5) is 18.9. The van der Waals surface area contributed by atoms with E-state index in [-0.39, 0.29) is 18.1 Å². The number of pyridine rings is 1. The minimum absolute atomic E-state index is 0.160. The third-order valence-electron chi connectivity index (χ3n) is 6.04. The third-order valence-corrected chi connectivity index (χ3v) is 6.35. The van der Waals surface area contributed by atoms with E-state index >= 15 is 0 Å². The van der Waals surface area contributed by atoms with Gasteiger partial charge in [-0.2, -0.15) is 0 Å². The Morgan fingerprint density at radius 3 is 2.56 bits per heavy atom. The standard InChI is InChI=1S/C27H24N4O2S/c1-18-11-13-20(14-12-18)31-25(24(29-27(31)34)22-9-3-4-15-28-22)23-10-6-16-30(23)21-8-5-7-19(17-21)26(32)33-2/h3-17,24-25H,1-2H3,(H,29,34)/t24-,25+/m0/s1. The first-order valence-electron chi connectivity index (χ1n) is 11.0. The van der Waals surface area contributed by atoms with Gasteiger partial charge in [-0.15, -0.1) is 0 Å². The SMILES string of the molecule is COC(=O)c1cccc(-n2cccc2[C@@H]2[C@H](c3ccccn3)NC(=S)N2c2ccc(C)cc2)c1. The summed E-state index contributed by atoms with van der Waals surface area (Å²) in [6.45, 7) is 2.07. The van der Waals surface area contributed by atoms with Crippen molar-refractivity contribution in [1.82, 2.24) is 14.9 Å². The van der Waals surface area contributed by atoms with Crippen LogP contribution in [0.25, 0.3) is 5.69 Å². The molecule has 0 saturated carbocycles. The number of anilines is 1. The maximum absolute atomic E-state index is 12.1. The number of aryl methyl sites for hydroxylation is 1. The number of hydrogen-bond donors (Lipinski definition) is 1. The molecule has 5 rings (SSSR count). The Hall–Kier alpha value is -3.97. The average Bonchev–Trinajstić information content (AvgIpc) is 3.49. The van der Waals surface area contributed by atoms with E-state index in [9.17, 15) is 4.79 Å². The number of nitrogens with one attached hydrogen (secondary N) is 1. The Morgan fingerprint density at radius 1 is 1.00 bits per heavy atom. The summed E-state index contributed by atoms with van der Waals surface area (Å²) < 4.78 is 7.01. The number of carbonyl (C=O) groups excluding carboxylic acids is 1. The van der Waals surface area contributed by atoms with Crippen LogP contribution in [0.3, 0.4) is 0 Å². The van der Waals surface area contributed by atoms with Crippen molar-refractivity contribution in [3.05, 3.63) is 114 Å². The van der Waals surface area contributed by atoms with Crippen LogP contribution in [0.5, 0.6) is 0 Å². The molecule has 3 heterocycles. The molecule has 1 N–H and O–H groups in total. The van der Waals surface area contributed by atoms with Gasteiger partial charge in [-0.1, -0.05) is 29.8 Å². The number of esters is 1. The highest BCUT2D eigenvalue weighted by atomic mass is 32.1. The molecule has 0 radical (unpaired) electrons. The number of nitrogens with zero attached hydrogens (tertiary/aromatic N) is 3. The normalized spacial score (nSPS) is 17.5. The van der Waals surface area contributed by atoms with E-state index in [2.05, 4.69) is 57.0 Å². The van der Waals surface area contributed by atoms with Crippen LogP contribution in [-0.4, -0.2) is 27.7 Å². The minimum Gasteiger partial charge on any atom is -0.465 e. The number of aromatic nitrogens is 2. The van der Waals surface area contributed by atoms with E-state index in [1.54, 1.807) is 12.3 Å². The molecule has 0 unspecified atom stereocenters. The van der Waals surface area contributed by atoms with Gasteiger partial charge in [0, 0.05) is 29.5 Å². The largest absolute Gasteiger partial charge is 0.465 e. The molecule has 170 valence electrons. The predicted octanol–water partition coefficient (Wildman–Crippen LogP) is 5.14. The van der Waals surface area contributed by atoms with Crippen LogP contribution in [0.2, 0.25) is 0 Å². The van der Waals surface area contributed by atoms with Gasteiger partial charge in [0.2, 0.25) is 0 Å². The van der Waals surface area contributed by atoms with Crippen molar-refractivity contribution in [1.29, 1.82) is 0 Å². The number of ether oxygens (including phenoxy) is 1. The molecule has 34 heavy (non-hydrogen) atoms. The van der Waals surface area contributed by atoms with Crippen LogP contribution in [0.1, 0.15) is 39.4 Å². The molecule has 6 nitrogen and oxygen atoms in total. The van der Waals surface area contributed by atoms with Crippen LogP contribution >= 0.6 is 12.2 Å². The Balaban J connectivity index is 1.65. The second kappa shape index (κ2) is 9.11. The predicted molar refractivity (Wildman–Crippen MR) is 136 cm³/mol. The van der Waals surface area contributed by atoms with Crippen LogP contribution in [-0.2, 0) is 4.74 Å². The van der Waals surface area contributed by atoms with Gasteiger partial charge in [-0.3, -0.25) is 4.98 Å². The molecule has 1 aliphatic rings. The molecule has 7 heteroatoms. The lowest BCUT2D eigenvalue weighted by atomic mass is 10.0. The summed E-state index contributed by atoms with van der Waals surface area (Å²) in [5.41, 5.74) is 5.47. The van der Waals surface area contributed by atoms with Gasteiger partial charge in [0.25, 0.3) is 0 Å². The lowest BCUT2D eigenvalue weighted by Gasteiger charge is -2.29. The number of thiocarbonyl (C=S) groups is 1. The van der Waals surface area contributed by atoms with E-state index in [4.69, 9.17) is 17.0 Å². The van der Waals surface area contributed by atoms with Crippen LogP contribution in [0.4, 0.5) is 5.69 Å². The molecular weight excluding hydrogens is 444 g/mol. The summed E-state index contributed by atoms with van der Waals surface area (Å²) >= 11 is 5.83. The number of carbonyl (C=O) groups is 1. The summed E-state index contributed by atoms with van der Waals surface area (Å²) in [6, 6.07) is 25.4. The average molecular weight is 469 g/mol. The molecule has 4 aromatic rings. The molecule has 0 bridgehead atoms. The van der Waals surface area contributed by atoms with Crippen molar-refractivity contribution in [3.8, 4) is 5.69 Å². The lowest BCUT2D eigenvalue weighted by Crippen LogP contribution is -2.30. The molecule has 1 fully saturated rings. The van der Waals surface area contributed by atoms with Crippen molar-refractivity contribution in [2.24, 2.45) is 0 Å². The maximum atomic E-state index is 12.1. The van der Waals surface area contributed by atoms with Gasteiger partial charge in [-0.05, 0) is 73.7 Å². The van der Waals surface area contributed by atoms with Crippen molar-refractivity contribution in [2.45, 2.75) is 19.0 Å². The zero-order valence-corrected chi connectivity index (χ0v) is 19.7. The lowest BCUT2D eigenvalue weighted by molar-refractivity contribution is 0.0600. The number of rotatable bonds is 5. The Labute approximate surface area is 203 Å². The van der Waals surface area contributed by atoms with E-state index in [1.807, 2.05) is 48.7 Å². The molecule has 2 atom stereocenters. The van der Waals surface area contributed by atoms with Crippen LogP contribution in [0, 0.1) is 6.92 Å². The molecule has 1 aliphatic heterocycles. The van der Waals surface area contributed by atoms with E-state index in [0.717, 1.165) is 22.8 Å². The second-order valence-electron chi connectivity index (χ2n) is 8.18. The molecule has 2 aromatic carbocycles. The van der Waals surface area contributed by atoms with E-state index in [0.29, 0.717) is 10.7 Å². The molecule has 1 saturated heterocycles. The van der Waals surface area contributed by atoms with Crippen LogP contribution < -0.4 is 10.2 Å². The maximum Gasteiger partial charge on any atom is 0.337 e. The minimum atomic E-state index is -0.369. The zero-order chi connectivity index (χ0) is 23.7. The first-order valence-corrected chi connectivity index (χ1v) is 11.4. The summed E-state index contributed by atoms with van der Waals surface area (Å²) in [7, 11) is 1.39. The Kier molecular flexibility index (Phi) is 5.86. The molecule has 0 aliphatic carbocycles. The summed E-state index contributed by atoms with van der Waals surface area (Å²) in [6.07, 6.45) is 3.79. The fourth-order valence-electron chi connectivity index (χ4n) is 4.41. The van der Waals surface area contributed by atoms with Crippen molar-refractivity contribution >= 4 is 29.0 Å². The molecule has 2 aromatic heterocycles. The van der Waals surface area contributed by atoms with Crippen LogP contribution in [0.15, 0.2) is 91.3 Å². The number of hydrogen-bond acceptors (Lipinski definition) is 4. The Morgan fingerprint density at radius 2 is 1.82 bits per heavy atom. The topological polar surface area (TPSA) is 59.4 Å². The van der Waals surface area contributed by atoms with Gasteiger partial charge in [0.15, 0.2) is 5.11 Å². The fourth-order valence-corrected chi connectivity index (χ4v) is 4.76. The van der Waals surface area contributed by atoms with Gasteiger partial charge in [0.05, 0.1) is 24.4 Å². The van der Waals surface area contributed by atoms with E-state index < -0.39 is 0 Å². The second-order valence-corrected chi connectivity index (χ2v) is 8.56. The smallest absolute Gasteiger partial charge is 0.337 e. The first kappa shape index (κ1) is 21.9. The molecular formula is C27H24N4O2S. The van der Waals surface area contributed by atoms with Gasteiger partial charge in [-0.25, -0.2) is 4.79 Å². The van der Waals surface area contributed by atoms with Crippen molar-refractivity contribution in [3.63, 3.8) is 0 Å². The molecule has 0 spiro atoms. The number of benzene rings is 2. The van der Waals surface area contributed by atoms with Crippen molar-refractivity contribution in [2.75, 3.05) is 12.0 Å². The van der Waals surface area contributed by atoms with Gasteiger partial charge < -0.3 is 19.5 Å². The third kappa shape index (κ3) is 3.95. The quantitative estimate of drug-likeness (QED) is 0.323. The number of methoxy groups -OCH3 is 1. The summed E-state index contributed by atoms with van der Waals surface area (Å²) in [5.74, 6) is -0.369. The fraction of sp³-hybridized carbons (Fsp3) is 0.148. The highest BCUT2D eigenvalue weighted by Crippen LogP contribution is 2.42. The highest BCUT2D eigenvalue weighted by molar-refractivity contribution is 7.80. The molecule has 0 amide bonds. The van der Waals surface area contributed by atoms with Gasteiger partial charge in [0.1, 0.15) is 6.04 Å². The highest BCUT2D eigenvalue weighted by Gasteiger charge is 2.42.